The zero-order valence-electron chi connectivity index (χ0n) is 27.6. The van der Waals surface area contributed by atoms with E-state index in [1.807, 2.05) is 61.2 Å². The van der Waals surface area contributed by atoms with Gasteiger partial charge in [0.1, 0.15) is 0 Å². The number of carbonyl (C=O) groups is 2. The number of halogens is 1. The summed E-state index contributed by atoms with van der Waals surface area (Å²) in [6.45, 7) is 7.85. The van der Waals surface area contributed by atoms with Crippen molar-refractivity contribution in [2.24, 2.45) is 0 Å². The summed E-state index contributed by atoms with van der Waals surface area (Å²) in [5, 5.41) is 11.3. The predicted octanol–water partition coefficient (Wildman–Crippen LogP) is 7.94. The number of benzene rings is 4. The minimum Gasteiger partial charge on any atom is -0.478 e. The highest BCUT2D eigenvalue weighted by molar-refractivity contribution is 6.30. The molecular formula is C41H42ClN3O3. The van der Waals surface area contributed by atoms with Crippen molar-refractivity contribution in [2.45, 2.75) is 38.6 Å². The maximum Gasteiger partial charge on any atom is 0.334 e. The standard InChI is InChI=1S/C41H42ClN3O3/c1-29-37(40(46)44-25-23-43(24-26-44)28-31-13-6-3-7-14-31)39(34-19-12-20-35(42)27-34)38(41(47)48)30(2)45(29)22-21-36(32-15-8-4-9-16-32)33-17-10-5-11-18-33/h3-20,27,36,39H,21-26,28H2,1-2H3,(H,47,48). The molecule has 7 heteroatoms. The smallest absolute Gasteiger partial charge is 0.334 e. The van der Waals surface area contributed by atoms with Crippen molar-refractivity contribution in [3.8, 4) is 0 Å². The van der Waals surface area contributed by atoms with Gasteiger partial charge in [-0.1, -0.05) is 115 Å². The van der Waals surface area contributed by atoms with Crippen LogP contribution in [-0.4, -0.2) is 64.4 Å². The van der Waals surface area contributed by atoms with Crippen molar-refractivity contribution in [3.05, 3.63) is 165 Å². The van der Waals surface area contributed by atoms with E-state index in [1.54, 1.807) is 12.1 Å². The number of amides is 1. The third-order valence-electron chi connectivity index (χ3n) is 9.76. The average molecular weight is 660 g/mol. The van der Waals surface area contributed by atoms with Crippen LogP contribution < -0.4 is 0 Å². The summed E-state index contributed by atoms with van der Waals surface area (Å²) < 4.78 is 0. The number of allylic oxidation sites excluding steroid dienone is 2. The zero-order valence-corrected chi connectivity index (χ0v) is 28.3. The van der Waals surface area contributed by atoms with Crippen LogP contribution in [0.25, 0.3) is 0 Å². The van der Waals surface area contributed by atoms with Crippen LogP contribution in [0, 0.1) is 0 Å². The summed E-state index contributed by atoms with van der Waals surface area (Å²) in [6, 6.07) is 38.4. The Morgan fingerprint density at radius 3 is 1.88 bits per heavy atom. The summed E-state index contributed by atoms with van der Waals surface area (Å²) in [7, 11) is 0. The summed E-state index contributed by atoms with van der Waals surface area (Å²) in [5.41, 5.74) is 6.50. The Kier molecular flexibility index (Phi) is 10.4. The molecule has 1 amide bonds. The third kappa shape index (κ3) is 7.25. The van der Waals surface area contributed by atoms with Gasteiger partial charge in [-0.05, 0) is 54.7 Å². The number of hydrogen-bond donors (Lipinski definition) is 1. The minimum absolute atomic E-state index is 0.101. The van der Waals surface area contributed by atoms with E-state index in [-0.39, 0.29) is 17.4 Å². The Balaban J connectivity index is 1.34. The lowest BCUT2D eigenvalue weighted by Crippen LogP contribution is -2.50. The highest BCUT2D eigenvalue weighted by Crippen LogP contribution is 2.44. The van der Waals surface area contributed by atoms with Crippen molar-refractivity contribution >= 4 is 23.5 Å². The number of nitrogens with zero attached hydrogens (tertiary/aromatic N) is 3. The number of carbonyl (C=O) groups excluding carboxylic acids is 1. The first-order valence-electron chi connectivity index (χ1n) is 16.6. The van der Waals surface area contributed by atoms with Gasteiger partial charge in [0.05, 0.1) is 11.5 Å². The fourth-order valence-electron chi connectivity index (χ4n) is 7.29. The number of carboxylic acid groups (broad SMARTS) is 1. The molecule has 0 aliphatic carbocycles. The number of carboxylic acids is 1. The van der Waals surface area contributed by atoms with Crippen LogP contribution in [-0.2, 0) is 16.1 Å². The first-order valence-corrected chi connectivity index (χ1v) is 17.0. The van der Waals surface area contributed by atoms with Gasteiger partial charge in [0.25, 0.3) is 5.91 Å². The maximum absolute atomic E-state index is 14.7. The van der Waals surface area contributed by atoms with Gasteiger partial charge in [0.2, 0.25) is 0 Å². The monoisotopic (exact) mass is 659 g/mol. The predicted molar refractivity (Wildman–Crippen MR) is 192 cm³/mol. The highest BCUT2D eigenvalue weighted by atomic mass is 35.5. The SMILES string of the molecule is CC1=C(C(=O)O)C(c2cccc(Cl)c2)C(C(=O)N2CCN(Cc3ccccc3)CC2)=C(C)N1CCC(c1ccccc1)c1ccccc1. The topological polar surface area (TPSA) is 64.1 Å². The molecule has 4 aromatic rings. The summed E-state index contributed by atoms with van der Waals surface area (Å²) in [4.78, 5) is 34.1. The lowest BCUT2D eigenvalue weighted by Gasteiger charge is -2.41. The zero-order chi connectivity index (χ0) is 33.6. The molecule has 246 valence electrons. The molecule has 0 radical (unpaired) electrons. The molecule has 2 aliphatic heterocycles. The Bertz CT molecular complexity index is 1760. The van der Waals surface area contributed by atoms with Gasteiger partial charge < -0.3 is 14.9 Å². The number of rotatable bonds is 10. The lowest BCUT2D eigenvalue weighted by atomic mass is 9.78. The van der Waals surface area contributed by atoms with Crippen molar-refractivity contribution in [1.82, 2.24) is 14.7 Å². The molecule has 1 atom stereocenters. The first-order chi connectivity index (χ1) is 23.3. The summed E-state index contributed by atoms with van der Waals surface area (Å²) in [6.07, 6.45) is 0.733. The molecule has 48 heavy (non-hydrogen) atoms. The molecular weight excluding hydrogens is 618 g/mol. The van der Waals surface area contributed by atoms with Crippen LogP contribution >= 0.6 is 11.6 Å². The van der Waals surface area contributed by atoms with Gasteiger partial charge in [0, 0.05) is 67.2 Å². The second kappa shape index (κ2) is 15.1. The van der Waals surface area contributed by atoms with Crippen LogP contribution in [0.4, 0.5) is 0 Å². The Morgan fingerprint density at radius 2 is 1.31 bits per heavy atom. The van der Waals surface area contributed by atoms with Gasteiger partial charge in [0.15, 0.2) is 0 Å². The van der Waals surface area contributed by atoms with Crippen molar-refractivity contribution in [3.63, 3.8) is 0 Å². The van der Waals surface area contributed by atoms with Crippen LogP contribution in [0.3, 0.4) is 0 Å². The average Bonchev–Trinajstić information content (AvgIpc) is 3.10. The molecule has 2 heterocycles. The summed E-state index contributed by atoms with van der Waals surface area (Å²) in [5.74, 6) is -1.79. The number of hydrogen-bond acceptors (Lipinski definition) is 4. The largest absolute Gasteiger partial charge is 0.478 e. The van der Waals surface area contributed by atoms with Crippen LogP contribution in [0.2, 0.25) is 5.02 Å². The van der Waals surface area contributed by atoms with Gasteiger partial charge in [-0.15, -0.1) is 0 Å². The molecule has 6 nitrogen and oxygen atoms in total. The number of piperazine rings is 1. The summed E-state index contributed by atoms with van der Waals surface area (Å²) >= 11 is 6.46. The molecule has 1 N–H and O–H groups in total. The van der Waals surface area contributed by atoms with Gasteiger partial charge in [-0.2, -0.15) is 0 Å². The molecule has 1 fully saturated rings. The molecule has 1 saturated heterocycles. The Hall–Kier alpha value is -4.65. The van der Waals surface area contributed by atoms with E-state index in [4.69, 9.17) is 11.6 Å². The van der Waals surface area contributed by atoms with E-state index in [0.29, 0.717) is 41.5 Å². The Morgan fingerprint density at radius 1 is 0.750 bits per heavy atom. The van der Waals surface area contributed by atoms with Crippen molar-refractivity contribution in [1.29, 1.82) is 0 Å². The van der Waals surface area contributed by atoms with E-state index in [2.05, 4.69) is 70.5 Å². The molecule has 0 spiro atoms. The van der Waals surface area contributed by atoms with Crippen LogP contribution in [0.1, 0.15) is 54.4 Å². The minimum atomic E-state index is -1.03. The second-order valence-corrected chi connectivity index (χ2v) is 13.1. The van der Waals surface area contributed by atoms with E-state index in [9.17, 15) is 14.7 Å². The maximum atomic E-state index is 14.7. The van der Waals surface area contributed by atoms with E-state index in [0.717, 1.165) is 31.8 Å². The molecule has 4 aromatic carbocycles. The van der Waals surface area contributed by atoms with Crippen LogP contribution in [0.15, 0.2) is 138 Å². The second-order valence-electron chi connectivity index (χ2n) is 12.7. The van der Waals surface area contributed by atoms with Crippen LogP contribution in [0.5, 0.6) is 0 Å². The van der Waals surface area contributed by atoms with E-state index in [1.165, 1.54) is 16.7 Å². The third-order valence-corrected chi connectivity index (χ3v) is 10.00. The first kappa shape index (κ1) is 33.3. The molecule has 0 bridgehead atoms. The molecule has 0 aromatic heterocycles. The van der Waals surface area contributed by atoms with Crippen molar-refractivity contribution < 1.29 is 14.7 Å². The molecule has 2 aliphatic rings. The Labute approximate surface area is 288 Å². The van der Waals surface area contributed by atoms with Gasteiger partial charge in [-0.25, -0.2) is 4.79 Å². The fraction of sp³-hybridized carbons (Fsp3) is 0.268. The van der Waals surface area contributed by atoms with Gasteiger partial charge in [-0.3, -0.25) is 9.69 Å². The molecule has 0 saturated carbocycles. The molecule has 6 rings (SSSR count). The fourth-order valence-corrected chi connectivity index (χ4v) is 7.49. The lowest BCUT2D eigenvalue weighted by molar-refractivity contribution is -0.133. The highest BCUT2D eigenvalue weighted by Gasteiger charge is 2.41. The van der Waals surface area contributed by atoms with Gasteiger partial charge >= 0.3 is 5.97 Å². The number of aliphatic carboxylic acids is 1. The van der Waals surface area contributed by atoms with E-state index >= 15 is 0 Å². The molecule has 1 unspecified atom stereocenters. The quantitative estimate of drug-likeness (QED) is 0.187. The normalized spacial score (nSPS) is 17.3. The van der Waals surface area contributed by atoms with E-state index < -0.39 is 11.9 Å². The van der Waals surface area contributed by atoms with Crippen molar-refractivity contribution in [2.75, 3.05) is 32.7 Å².